The minimum Gasteiger partial charge on any atom is -0.356 e. The second-order valence-corrected chi connectivity index (χ2v) is 9.54. The van der Waals surface area contributed by atoms with E-state index in [1.807, 2.05) is 12.3 Å². The van der Waals surface area contributed by atoms with Gasteiger partial charge in [0.1, 0.15) is 5.82 Å². The molecule has 0 saturated carbocycles. The van der Waals surface area contributed by atoms with Gasteiger partial charge in [0.2, 0.25) is 0 Å². The minimum absolute atomic E-state index is 0.677. The summed E-state index contributed by atoms with van der Waals surface area (Å²) >= 11 is 0. The monoisotopic (exact) mass is 382 g/mol. The van der Waals surface area contributed by atoms with Crippen molar-refractivity contribution in [2.24, 2.45) is 11.8 Å². The molecular weight excluding hydrogens is 348 g/mol. The molecule has 6 nitrogen and oxygen atoms in total. The Morgan fingerprint density at radius 1 is 1.14 bits per heavy atom. The molecule has 2 aromatic rings. The molecule has 0 aliphatic carbocycles. The van der Waals surface area contributed by atoms with Crippen molar-refractivity contribution in [3.63, 3.8) is 0 Å². The molecule has 28 heavy (non-hydrogen) atoms. The summed E-state index contributed by atoms with van der Waals surface area (Å²) in [5, 5.41) is 4.63. The van der Waals surface area contributed by atoms with Gasteiger partial charge < -0.3 is 9.80 Å². The maximum atomic E-state index is 4.74. The summed E-state index contributed by atoms with van der Waals surface area (Å²) < 4.78 is 2.07. The number of nitrogens with zero attached hydrogens (tertiary/aromatic N) is 6. The Morgan fingerprint density at radius 3 is 2.79 bits per heavy atom. The van der Waals surface area contributed by atoms with Gasteiger partial charge >= 0.3 is 0 Å². The van der Waals surface area contributed by atoms with Gasteiger partial charge in [0, 0.05) is 49.0 Å². The molecule has 0 unspecified atom stereocenters. The number of aryl methyl sites for hydroxylation is 1. The predicted molar refractivity (Wildman–Crippen MR) is 113 cm³/mol. The number of hydrogen-bond acceptors (Lipinski definition) is 5. The molecule has 4 atom stereocenters. The van der Waals surface area contributed by atoms with Crippen LogP contribution in [0.15, 0.2) is 12.3 Å². The molecule has 0 radical (unpaired) electrons. The average molecular weight is 383 g/mol. The van der Waals surface area contributed by atoms with Crippen LogP contribution in [0.3, 0.4) is 0 Å². The highest BCUT2D eigenvalue weighted by molar-refractivity contribution is 5.56. The van der Waals surface area contributed by atoms with Crippen molar-refractivity contribution in [2.75, 3.05) is 45.2 Å². The molecule has 3 fully saturated rings. The first-order valence-corrected chi connectivity index (χ1v) is 11.0. The molecule has 0 aromatic carbocycles. The Hall–Kier alpha value is -1.66. The first-order chi connectivity index (χ1) is 13.5. The zero-order chi connectivity index (χ0) is 19.4. The SMILES string of the molecule is Cc1nc2ccnn2c(N2C[C@H]3C[C@@H](C2)[C@H](CN(C)C)N2CCCC[C@@H]32)c1C. The van der Waals surface area contributed by atoms with Crippen LogP contribution in [-0.4, -0.2) is 76.8 Å². The van der Waals surface area contributed by atoms with Gasteiger partial charge in [-0.2, -0.15) is 9.61 Å². The third kappa shape index (κ3) is 2.92. The van der Waals surface area contributed by atoms with E-state index in [1.54, 1.807) is 0 Å². The van der Waals surface area contributed by atoms with Crippen molar-refractivity contribution in [3.05, 3.63) is 23.5 Å². The fourth-order valence-corrected chi connectivity index (χ4v) is 6.20. The summed E-state index contributed by atoms with van der Waals surface area (Å²) in [5.41, 5.74) is 3.38. The summed E-state index contributed by atoms with van der Waals surface area (Å²) in [6.45, 7) is 9.12. The van der Waals surface area contributed by atoms with E-state index in [2.05, 4.69) is 52.3 Å². The van der Waals surface area contributed by atoms with Gasteiger partial charge in [-0.25, -0.2) is 4.98 Å². The van der Waals surface area contributed by atoms with Crippen LogP contribution in [0.25, 0.3) is 5.65 Å². The van der Waals surface area contributed by atoms with Gasteiger partial charge in [0.15, 0.2) is 5.65 Å². The third-order valence-corrected chi connectivity index (χ3v) is 7.46. The molecular formula is C22H34N6. The van der Waals surface area contributed by atoms with E-state index < -0.39 is 0 Å². The second kappa shape index (κ2) is 6.99. The quantitative estimate of drug-likeness (QED) is 0.816. The van der Waals surface area contributed by atoms with Gasteiger partial charge in [-0.05, 0) is 65.6 Å². The highest BCUT2D eigenvalue weighted by Crippen LogP contribution is 2.42. The molecule has 6 heteroatoms. The van der Waals surface area contributed by atoms with Crippen LogP contribution in [0.1, 0.15) is 36.9 Å². The van der Waals surface area contributed by atoms with E-state index in [9.17, 15) is 0 Å². The first-order valence-electron chi connectivity index (χ1n) is 11.0. The van der Waals surface area contributed by atoms with E-state index >= 15 is 0 Å². The average Bonchev–Trinajstić information content (AvgIpc) is 3.13. The lowest BCUT2D eigenvalue weighted by molar-refractivity contribution is -0.0401. The van der Waals surface area contributed by atoms with Gasteiger partial charge in [0.05, 0.1) is 6.20 Å². The molecule has 0 spiro atoms. The minimum atomic E-state index is 0.677. The fraction of sp³-hybridized carbons (Fsp3) is 0.727. The van der Waals surface area contributed by atoms with Gasteiger partial charge in [-0.1, -0.05) is 6.42 Å². The van der Waals surface area contributed by atoms with Crippen molar-refractivity contribution >= 4 is 11.5 Å². The van der Waals surface area contributed by atoms with Gasteiger partial charge in [-0.3, -0.25) is 4.90 Å². The predicted octanol–water partition coefficient (Wildman–Crippen LogP) is 2.59. The summed E-state index contributed by atoms with van der Waals surface area (Å²) in [4.78, 5) is 12.7. The number of piperidine rings is 3. The molecule has 3 aliphatic rings. The number of rotatable bonds is 3. The van der Waals surface area contributed by atoms with Crippen molar-refractivity contribution in [1.29, 1.82) is 0 Å². The Kier molecular flexibility index (Phi) is 4.59. The zero-order valence-corrected chi connectivity index (χ0v) is 17.8. The molecule has 5 heterocycles. The van der Waals surface area contributed by atoms with E-state index in [0.29, 0.717) is 6.04 Å². The lowest BCUT2D eigenvalue weighted by atomic mass is 9.72. The lowest BCUT2D eigenvalue weighted by Crippen LogP contribution is -2.65. The highest BCUT2D eigenvalue weighted by Gasteiger charge is 2.47. The van der Waals surface area contributed by atoms with Crippen molar-refractivity contribution < 1.29 is 0 Å². The number of likely N-dealkylation sites (N-methyl/N-ethyl adjacent to an activating group) is 1. The Morgan fingerprint density at radius 2 is 1.96 bits per heavy atom. The van der Waals surface area contributed by atoms with Crippen molar-refractivity contribution in [1.82, 2.24) is 24.4 Å². The van der Waals surface area contributed by atoms with Gasteiger partial charge in [-0.15, -0.1) is 0 Å². The number of hydrogen-bond donors (Lipinski definition) is 0. The summed E-state index contributed by atoms with van der Waals surface area (Å²) in [6.07, 6.45) is 7.42. The van der Waals surface area contributed by atoms with Crippen LogP contribution >= 0.6 is 0 Å². The van der Waals surface area contributed by atoms with Crippen LogP contribution in [0.5, 0.6) is 0 Å². The summed E-state index contributed by atoms with van der Waals surface area (Å²) in [7, 11) is 4.46. The van der Waals surface area contributed by atoms with E-state index in [0.717, 1.165) is 42.3 Å². The zero-order valence-electron chi connectivity index (χ0n) is 17.8. The van der Waals surface area contributed by atoms with Crippen molar-refractivity contribution in [3.8, 4) is 0 Å². The first kappa shape index (κ1) is 18.4. The third-order valence-electron chi connectivity index (χ3n) is 7.46. The van der Waals surface area contributed by atoms with Gasteiger partial charge in [0.25, 0.3) is 0 Å². The Labute approximate surface area is 168 Å². The van der Waals surface area contributed by atoms with Crippen molar-refractivity contribution in [2.45, 2.75) is 51.6 Å². The number of aromatic nitrogens is 3. The normalized spacial score (nSPS) is 30.8. The smallest absolute Gasteiger partial charge is 0.157 e. The van der Waals surface area contributed by atoms with Crippen LogP contribution < -0.4 is 4.90 Å². The molecule has 5 rings (SSSR count). The molecule has 0 amide bonds. The fourth-order valence-electron chi connectivity index (χ4n) is 6.20. The summed E-state index contributed by atoms with van der Waals surface area (Å²) in [6, 6.07) is 3.46. The van der Waals surface area contributed by atoms with E-state index in [1.165, 1.54) is 50.2 Å². The topological polar surface area (TPSA) is 39.9 Å². The largest absolute Gasteiger partial charge is 0.356 e. The Balaban J connectivity index is 1.53. The highest BCUT2D eigenvalue weighted by atomic mass is 15.4. The molecule has 152 valence electrons. The van der Waals surface area contributed by atoms with Crippen LogP contribution in [0.4, 0.5) is 5.82 Å². The van der Waals surface area contributed by atoms with Crippen LogP contribution in [-0.2, 0) is 0 Å². The van der Waals surface area contributed by atoms with Crippen LogP contribution in [0, 0.1) is 25.7 Å². The number of fused-ring (bicyclic) bond motifs is 5. The van der Waals surface area contributed by atoms with E-state index in [4.69, 9.17) is 4.98 Å². The molecule has 2 aromatic heterocycles. The number of anilines is 1. The standard InChI is InChI=1S/C22H34N6/c1-15-16(2)24-21-8-9-23-28(21)22(15)26-12-17-11-18(13-26)20(14-25(3)4)27-10-6-5-7-19(17)27/h8-9,17-20H,5-7,10-14H2,1-4H3/t17-,18+,19+,20+/m1/s1. The molecule has 3 saturated heterocycles. The molecule has 2 bridgehead atoms. The maximum Gasteiger partial charge on any atom is 0.157 e. The molecule has 3 aliphatic heterocycles. The maximum absolute atomic E-state index is 4.74. The summed E-state index contributed by atoms with van der Waals surface area (Å²) in [5.74, 6) is 2.78. The lowest BCUT2D eigenvalue weighted by Gasteiger charge is -2.57. The molecule has 0 N–H and O–H groups in total. The second-order valence-electron chi connectivity index (χ2n) is 9.54. The Bertz CT molecular complexity index is 858. The van der Waals surface area contributed by atoms with E-state index in [-0.39, 0.29) is 0 Å². The van der Waals surface area contributed by atoms with Crippen LogP contribution in [0.2, 0.25) is 0 Å².